The Kier molecular flexibility index (Phi) is 5.03. The van der Waals surface area contributed by atoms with Crippen molar-refractivity contribution in [2.75, 3.05) is 0 Å². The highest BCUT2D eigenvalue weighted by Crippen LogP contribution is 2.34. The van der Waals surface area contributed by atoms with Crippen molar-refractivity contribution >= 4 is 22.4 Å². The number of carbonyl (C=O) groups is 1. The fourth-order valence-electron chi connectivity index (χ4n) is 2.84. The largest absolute Gasteiger partial charge is 0.450 e. The summed E-state index contributed by atoms with van der Waals surface area (Å²) in [4.78, 5) is 33.9. The predicted molar refractivity (Wildman–Crippen MR) is 99.7 cm³/mol. The van der Waals surface area contributed by atoms with Gasteiger partial charge in [-0.15, -0.1) is 0 Å². The number of Topliss-reactive ketones (excluding diaryl/α,β-unsaturated/α-hetero) is 1. The molecule has 2 aromatic carbocycles. The van der Waals surface area contributed by atoms with E-state index in [4.69, 9.17) is 9.15 Å². The molecule has 0 unspecified atom stereocenters. The van der Waals surface area contributed by atoms with Crippen LogP contribution in [0.3, 0.4) is 0 Å². The molecule has 0 atom stereocenters. The zero-order valence-electron chi connectivity index (χ0n) is 14.9. The lowest BCUT2D eigenvalue weighted by Crippen LogP contribution is -2.01. The van der Waals surface area contributed by atoms with Crippen LogP contribution >= 0.6 is 0 Å². The van der Waals surface area contributed by atoms with E-state index in [-0.39, 0.29) is 28.5 Å². The lowest BCUT2D eigenvalue weighted by atomic mass is 10.1. The maximum atomic E-state index is 11.8. The molecule has 0 aliphatic carbocycles. The molecule has 0 fully saturated rings. The van der Waals surface area contributed by atoms with Crippen LogP contribution in [0.4, 0.5) is 5.69 Å². The Hall–Kier alpha value is -3.48. The monoisotopic (exact) mass is 367 g/mol. The molecule has 3 rings (SSSR count). The van der Waals surface area contributed by atoms with Crippen LogP contribution in [-0.2, 0) is 6.42 Å². The summed E-state index contributed by atoms with van der Waals surface area (Å²) in [5, 5.41) is 12.1. The van der Waals surface area contributed by atoms with Crippen LogP contribution in [-0.4, -0.2) is 10.7 Å². The molecule has 0 aliphatic heterocycles. The minimum atomic E-state index is -0.609. The normalized spacial score (nSPS) is 10.7. The van der Waals surface area contributed by atoms with Crippen LogP contribution in [0.5, 0.6) is 11.5 Å². The zero-order chi connectivity index (χ0) is 19.6. The third-order valence-electron chi connectivity index (χ3n) is 4.11. The number of nitro benzene ring substituents is 1. The van der Waals surface area contributed by atoms with Gasteiger partial charge in [-0.1, -0.05) is 13.3 Å². The Morgan fingerprint density at radius 1 is 1.19 bits per heavy atom. The third kappa shape index (κ3) is 3.87. The first-order chi connectivity index (χ1) is 12.9. The maximum Gasteiger partial charge on any atom is 0.336 e. The van der Waals surface area contributed by atoms with Gasteiger partial charge in [-0.2, -0.15) is 0 Å². The van der Waals surface area contributed by atoms with E-state index in [1.165, 1.54) is 37.3 Å². The molecule has 138 valence electrons. The number of aryl methyl sites for hydroxylation is 1. The molecule has 1 aromatic heterocycles. The maximum absolute atomic E-state index is 11.8. The van der Waals surface area contributed by atoms with E-state index in [2.05, 4.69) is 0 Å². The summed E-state index contributed by atoms with van der Waals surface area (Å²) in [6.45, 7) is 3.35. The highest BCUT2D eigenvalue weighted by Gasteiger charge is 2.18. The third-order valence-corrected chi connectivity index (χ3v) is 4.11. The van der Waals surface area contributed by atoms with Crippen molar-refractivity contribution in [3.05, 3.63) is 74.1 Å². The topological polar surface area (TPSA) is 99.7 Å². The van der Waals surface area contributed by atoms with Crippen LogP contribution in [0.25, 0.3) is 11.0 Å². The van der Waals surface area contributed by atoms with Gasteiger partial charge in [0.1, 0.15) is 11.3 Å². The molecule has 0 spiro atoms. The second-order valence-electron chi connectivity index (χ2n) is 6.10. The number of rotatable bonds is 6. The molecule has 0 N–H and O–H groups in total. The lowest BCUT2D eigenvalue weighted by Gasteiger charge is -2.09. The van der Waals surface area contributed by atoms with Crippen molar-refractivity contribution in [2.45, 2.75) is 26.7 Å². The highest BCUT2D eigenvalue weighted by atomic mass is 16.6. The van der Waals surface area contributed by atoms with Gasteiger partial charge in [0, 0.05) is 29.1 Å². The number of hydrogen-bond acceptors (Lipinski definition) is 6. The summed E-state index contributed by atoms with van der Waals surface area (Å²) in [5.41, 5.74) is 0.685. The number of ketones is 1. The lowest BCUT2D eigenvalue weighted by molar-refractivity contribution is -0.385. The first-order valence-corrected chi connectivity index (χ1v) is 8.43. The van der Waals surface area contributed by atoms with Gasteiger partial charge >= 0.3 is 11.3 Å². The molecule has 3 aromatic rings. The van der Waals surface area contributed by atoms with Gasteiger partial charge < -0.3 is 9.15 Å². The van der Waals surface area contributed by atoms with Gasteiger partial charge in [0.25, 0.3) is 0 Å². The SMILES string of the molecule is CCCc1cc(=O)oc2cc(Oc3ccc(C(C)=O)cc3[N+](=O)[O-])ccc12. The molecule has 1 heterocycles. The van der Waals surface area contributed by atoms with Crippen LogP contribution in [0, 0.1) is 10.1 Å². The van der Waals surface area contributed by atoms with Crippen LogP contribution in [0.15, 0.2) is 51.7 Å². The summed E-state index contributed by atoms with van der Waals surface area (Å²) in [6, 6.07) is 10.4. The molecule has 7 nitrogen and oxygen atoms in total. The standard InChI is InChI=1S/C20H17NO6/c1-3-4-14-10-20(23)27-19-11-15(6-7-16(14)19)26-18-8-5-13(12(2)22)9-17(18)21(24)25/h5-11H,3-4H2,1-2H3. The molecule has 0 saturated heterocycles. The van der Waals surface area contributed by atoms with Crippen LogP contribution in [0.2, 0.25) is 0 Å². The zero-order valence-corrected chi connectivity index (χ0v) is 14.9. The van der Waals surface area contributed by atoms with Crippen molar-refractivity contribution in [3.63, 3.8) is 0 Å². The van der Waals surface area contributed by atoms with Crippen LogP contribution < -0.4 is 10.4 Å². The first-order valence-electron chi connectivity index (χ1n) is 8.43. The summed E-state index contributed by atoms with van der Waals surface area (Å²) < 4.78 is 10.9. The van der Waals surface area contributed by atoms with E-state index in [0.717, 1.165) is 23.8 Å². The molecule has 0 radical (unpaired) electrons. The van der Waals surface area contributed by atoms with Crippen molar-refractivity contribution in [1.82, 2.24) is 0 Å². The van der Waals surface area contributed by atoms with E-state index >= 15 is 0 Å². The molecule has 0 bridgehead atoms. The van der Waals surface area contributed by atoms with E-state index in [1.54, 1.807) is 12.1 Å². The molecule has 7 heteroatoms. The smallest absolute Gasteiger partial charge is 0.336 e. The van der Waals surface area contributed by atoms with Crippen LogP contribution in [0.1, 0.15) is 36.2 Å². The van der Waals surface area contributed by atoms with Gasteiger partial charge in [0.15, 0.2) is 5.78 Å². The van der Waals surface area contributed by atoms with Gasteiger partial charge in [-0.3, -0.25) is 14.9 Å². The van der Waals surface area contributed by atoms with Gasteiger partial charge in [-0.25, -0.2) is 4.79 Å². The van der Waals surface area contributed by atoms with Crippen molar-refractivity contribution in [3.8, 4) is 11.5 Å². The van der Waals surface area contributed by atoms with Crippen molar-refractivity contribution in [1.29, 1.82) is 0 Å². The number of fused-ring (bicyclic) bond motifs is 1. The average molecular weight is 367 g/mol. The van der Waals surface area contributed by atoms with E-state index in [9.17, 15) is 19.7 Å². The van der Waals surface area contributed by atoms with E-state index in [0.29, 0.717) is 5.58 Å². The van der Waals surface area contributed by atoms with Crippen molar-refractivity contribution < 1.29 is 18.9 Å². The molecule has 0 saturated carbocycles. The first kappa shape index (κ1) is 18.3. The Bertz CT molecular complexity index is 1100. The van der Waals surface area contributed by atoms with Gasteiger partial charge in [0.2, 0.25) is 5.75 Å². The van der Waals surface area contributed by atoms with E-state index < -0.39 is 10.5 Å². The van der Waals surface area contributed by atoms with Gasteiger partial charge in [-0.05, 0) is 43.2 Å². The molecular weight excluding hydrogens is 350 g/mol. The second-order valence-corrected chi connectivity index (χ2v) is 6.10. The average Bonchev–Trinajstić information content (AvgIpc) is 2.61. The summed E-state index contributed by atoms with van der Waals surface area (Å²) in [7, 11) is 0. The quantitative estimate of drug-likeness (QED) is 0.272. The number of carbonyl (C=O) groups excluding carboxylic acids is 1. The fourth-order valence-corrected chi connectivity index (χ4v) is 2.84. The Morgan fingerprint density at radius 3 is 2.63 bits per heavy atom. The summed E-state index contributed by atoms with van der Waals surface area (Å²) >= 11 is 0. The Labute approximate surface area is 154 Å². The number of ether oxygens (including phenoxy) is 1. The summed E-state index contributed by atoms with van der Waals surface area (Å²) in [5.74, 6) is 0.00923. The number of nitro groups is 1. The van der Waals surface area contributed by atoms with E-state index in [1.807, 2.05) is 6.92 Å². The minimum Gasteiger partial charge on any atom is -0.450 e. The molecule has 0 amide bonds. The second kappa shape index (κ2) is 7.41. The summed E-state index contributed by atoms with van der Waals surface area (Å²) in [6.07, 6.45) is 1.62. The molecule has 27 heavy (non-hydrogen) atoms. The Morgan fingerprint density at radius 2 is 1.96 bits per heavy atom. The number of benzene rings is 2. The predicted octanol–water partition coefficient (Wildman–Crippen LogP) is 4.65. The fraction of sp³-hybridized carbons (Fsp3) is 0.200. The number of nitrogens with zero attached hydrogens (tertiary/aromatic N) is 1. The molecule has 0 aliphatic rings. The molecular formula is C20H17NO6. The number of hydrogen-bond donors (Lipinski definition) is 0. The Balaban J connectivity index is 2.03. The van der Waals surface area contributed by atoms with Gasteiger partial charge in [0.05, 0.1) is 4.92 Å². The highest BCUT2D eigenvalue weighted by molar-refractivity contribution is 5.95. The minimum absolute atomic E-state index is 0.00332. The van der Waals surface area contributed by atoms with Crippen molar-refractivity contribution in [2.24, 2.45) is 0 Å².